The molecule has 5 nitrogen and oxygen atoms in total. The summed E-state index contributed by atoms with van der Waals surface area (Å²) >= 11 is 5.76. The molecule has 1 aliphatic heterocycles. The van der Waals surface area contributed by atoms with Crippen LogP contribution in [0.15, 0.2) is 24.3 Å². The lowest BCUT2D eigenvalue weighted by atomic mass is 10.2. The molecule has 0 unspecified atom stereocenters. The topological polar surface area (TPSA) is 67.4 Å². The Kier molecular flexibility index (Phi) is 5.38. The van der Waals surface area contributed by atoms with E-state index in [1.807, 2.05) is 0 Å². The third-order valence-corrected chi connectivity index (χ3v) is 3.34. The molecule has 2 amide bonds. The fourth-order valence-corrected chi connectivity index (χ4v) is 2.08. The summed E-state index contributed by atoms with van der Waals surface area (Å²) in [5.41, 5.74) is 0.884. The van der Waals surface area contributed by atoms with Crippen LogP contribution in [0.5, 0.6) is 0 Å². The molecular formula is C14H17ClN2O3. The summed E-state index contributed by atoms with van der Waals surface area (Å²) in [6.07, 6.45) is 1.96. The first-order chi connectivity index (χ1) is 9.65. The van der Waals surface area contributed by atoms with Gasteiger partial charge in [0.25, 0.3) is 0 Å². The monoisotopic (exact) mass is 296 g/mol. The molecule has 0 saturated carbocycles. The van der Waals surface area contributed by atoms with Crippen LogP contribution in [0.25, 0.3) is 0 Å². The SMILES string of the molecule is O=C(NCc1ccc(Cl)cc1)C(=O)NC[C@H]1CCCO1. The number of halogens is 1. The molecule has 1 aromatic rings. The molecule has 1 heterocycles. The molecule has 1 aliphatic rings. The van der Waals surface area contributed by atoms with E-state index in [1.165, 1.54) is 0 Å². The smallest absolute Gasteiger partial charge is 0.309 e. The number of amides is 2. The van der Waals surface area contributed by atoms with E-state index in [2.05, 4.69) is 10.6 Å². The quantitative estimate of drug-likeness (QED) is 0.822. The van der Waals surface area contributed by atoms with Crippen molar-refractivity contribution in [2.45, 2.75) is 25.5 Å². The molecule has 0 spiro atoms. The minimum atomic E-state index is -0.641. The van der Waals surface area contributed by atoms with Crippen LogP contribution in [0, 0.1) is 0 Å². The van der Waals surface area contributed by atoms with Crippen molar-refractivity contribution in [1.82, 2.24) is 10.6 Å². The van der Waals surface area contributed by atoms with Crippen molar-refractivity contribution >= 4 is 23.4 Å². The zero-order valence-electron chi connectivity index (χ0n) is 11.0. The molecule has 0 bridgehead atoms. The molecule has 1 fully saturated rings. The Morgan fingerprint density at radius 1 is 1.20 bits per heavy atom. The minimum absolute atomic E-state index is 0.0306. The van der Waals surface area contributed by atoms with Crippen LogP contribution in [0.3, 0.4) is 0 Å². The van der Waals surface area contributed by atoms with Crippen LogP contribution in [-0.2, 0) is 20.9 Å². The van der Waals surface area contributed by atoms with Crippen molar-refractivity contribution in [3.05, 3.63) is 34.9 Å². The predicted octanol–water partition coefficient (Wildman–Crippen LogP) is 1.25. The number of carbonyl (C=O) groups is 2. The van der Waals surface area contributed by atoms with Gasteiger partial charge in [-0.25, -0.2) is 0 Å². The van der Waals surface area contributed by atoms with Gasteiger partial charge in [-0.1, -0.05) is 23.7 Å². The van der Waals surface area contributed by atoms with Gasteiger partial charge in [-0.05, 0) is 30.5 Å². The van der Waals surface area contributed by atoms with Gasteiger partial charge in [0, 0.05) is 24.7 Å². The van der Waals surface area contributed by atoms with Crippen LogP contribution in [0.4, 0.5) is 0 Å². The Morgan fingerprint density at radius 2 is 1.90 bits per heavy atom. The normalized spacial score (nSPS) is 17.8. The lowest BCUT2D eigenvalue weighted by Crippen LogP contribution is -2.42. The number of hydrogen-bond acceptors (Lipinski definition) is 3. The summed E-state index contributed by atoms with van der Waals surface area (Å²) in [7, 11) is 0. The highest BCUT2D eigenvalue weighted by atomic mass is 35.5. The van der Waals surface area contributed by atoms with Gasteiger partial charge in [-0.2, -0.15) is 0 Å². The van der Waals surface area contributed by atoms with Gasteiger partial charge in [-0.15, -0.1) is 0 Å². The Hall–Kier alpha value is -1.59. The largest absolute Gasteiger partial charge is 0.376 e. The van der Waals surface area contributed by atoms with Crippen molar-refractivity contribution in [2.75, 3.05) is 13.2 Å². The first kappa shape index (κ1) is 14.8. The maximum atomic E-state index is 11.6. The Morgan fingerprint density at radius 3 is 2.55 bits per heavy atom. The van der Waals surface area contributed by atoms with Gasteiger partial charge in [0.05, 0.1) is 6.10 Å². The fraction of sp³-hybridized carbons (Fsp3) is 0.429. The number of rotatable bonds is 4. The average molecular weight is 297 g/mol. The molecular weight excluding hydrogens is 280 g/mol. The summed E-state index contributed by atoms with van der Waals surface area (Å²) in [6.45, 7) is 1.40. The van der Waals surface area contributed by atoms with Gasteiger partial charge < -0.3 is 15.4 Å². The Balaban J connectivity index is 1.70. The number of carbonyl (C=O) groups excluding carboxylic acids is 2. The highest BCUT2D eigenvalue weighted by Crippen LogP contribution is 2.10. The third kappa shape index (κ3) is 4.51. The van der Waals surface area contributed by atoms with Crippen LogP contribution in [0.1, 0.15) is 18.4 Å². The lowest BCUT2D eigenvalue weighted by Gasteiger charge is -2.10. The van der Waals surface area contributed by atoms with Gasteiger partial charge >= 0.3 is 11.8 Å². The third-order valence-electron chi connectivity index (χ3n) is 3.09. The van der Waals surface area contributed by atoms with Crippen molar-refractivity contribution < 1.29 is 14.3 Å². The molecule has 0 aromatic heterocycles. The lowest BCUT2D eigenvalue weighted by molar-refractivity contribution is -0.139. The van der Waals surface area contributed by atoms with Crippen molar-refractivity contribution in [2.24, 2.45) is 0 Å². The van der Waals surface area contributed by atoms with Crippen molar-refractivity contribution in [1.29, 1.82) is 0 Å². The molecule has 0 radical (unpaired) electrons. The van der Waals surface area contributed by atoms with Gasteiger partial charge in [0.1, 0.15) is 0 Å². The molecule has 2 N–H and O–H groups in total. The maximum absolute atomic E-state index is 11.6. The van der Waals surface area contributed by atoms with Gasteiger partial charge in [0.15, 0.2) is 0 Å². The van der Waals surface area contributed by atoms with E-state index in [-0.39, 0.29) is 6.10 Å². The van der Waals surface area contributed by atoms with E-state index in [4.69, 9.17) is 16.3 Å². The fourth-order valence-electron chi connectivity index (χ4n) is 1.96. The summed E-state index contributed by atoms with van der Waals surface area (Å²) < 4.78 is 5.36. The summed E-state index contributed by atoms with van der Waals surface area (Å²) in [4.78, 5) is 23.2. The molecule has 0 aliphatic carbocycles. The minimum Gasteiger partial charge on any atom is -0.376 e. The van der Waals surface area contributed by atoms with E-state index in [9.17, 15) is 9.59 Å². The predicted molar refractivity (Wildman–Crippen MR) is 75.3 cm³/mol. The van der Waals surface area contributed by atoms with Crippen LogP contribution >= 0.6 is 11.6 Å². The van der Waals surface area contributed by atoms with E-state index >= 15 is 0 Å². The number of benzene rings is 1. The summed E-state index contributed by atoms with van der Waals surface area (Å²) in [6, 6.07) is 7.07. The first-order valence-electron chi connectivity index (χ1n) is 6.57. The second-order valence-corrected chi connectivity index (χ2v) is 5.09. The molecule has 1 atom stereocenters. The van der Waals surface area contributed by atoms with E-state index in [0.29, 0.717) is 18.1 Å². The van der Waals surface area contributed by atoms with E-state index in [0.717, 1.165) is 25.0 Å². The summed E-state index contributed by atoms with van der Waals surface area (Å²) in [5.74, 6) is -1.27. The zero-order valence-corrected chi connectivity index (χ0v) is 11.8. The average Bonchev–Trinajstić information content (AvgIpc) is 2.97. The number of hydrogen-bond donors (Lipinski definition) is 2. The van der Waals surface area contributed by atoms with Crippen molar-refractivity contribution in [3.63, 3.8) is 0 Å². The Bertz CT molecular complexity index is 470. The first-order valence-corrected chi connectivity index (χ1v) is 6.95. The van der Waals surface area contributed by atoms with Crippen LogP contribution in [-0.4, -0.2) is 31.1 Å². The molecule has 6 heteroatoms. The number of nitrogens with one attached hydrogen (secondary N) is 2. The van der Waals surface area contributed by atoms with Crippen LogP contribution in [0.2, 0.25) is 5.02 Å². The van der Waals surface area contributed by atoms with Crippen molar-refractivity contribution in [3.8, 4) is 0 Å². The molecule has 1 aromatic carbocycles. The molecule has 1 saturated heterocycles. The summed E-state index contributed by atoms with van der Waals surface area (Å²) in [5, 5.41) is 5.77. The van der Waals surface area contributed by atoms with E-state index in [1.54, 1.807) is 24.3 Å². The standard InChI is InChI=1S/C14H17ClN2O3/c15-11-5-3-10(4-6-11)8-16-13(18)14(19)17-9-12-2-1-7-20-12/h3-6,12H,1-2,7-9H2,(H,16,18)(H,17,19)/t12-/m1/s1. The second kappa shape index (κ2) is 7.26. The van der Waals surface area contributed by atoms with Gasteiger partial charge in [-0.3, -0.25) is 9.59 Å². The highest BCUT2D eigenvalue weighted by Gasteiger charge is 2.18. The molecule has 2 rings (SSSR count). The highest BCUT2D eigenvalue weighted by molar-refractivity contribution is 6.35. The molecule has 108 valence electrons. The number of ether oxygens (including phenoxy) is 1. The Labute approximate surface area is 122 Å². The second-order valence-electron chi connectivity index (χ2n) is 4.65. The maximum Gasteiger partial charge on any atom is 0.309 e. The zero-order chi connectivity index (χ0) is 14.4. The van der Waals surface area contributed by atoms with Gasteiger partial charge in [0.2, 0.25) is 0 Å². The molecule has 20 heavy (non-hydrogen) atoms. The van der Waals surface area contributed by atoms with Crippen LogP contribution < -0.4 is 10.6 Å². The van der Waals surface area contributed by atoms with E-state index < -0.39 is 11.8 Å².